The van der Waals surface area contributed by atoms with E-state index < -0.39 is 5.56 Å². The number of hydrogen-bond donors (Lipinski definition) is 0. The molecule has 1 aromatic carbocycles. The first-order valence-corrected chi connectivity index (χ1v) is 7.30. The predicted molar refractivity (Wildman–Crippen MR) is 85.8 cm³/mol. The molecule has 3 aromatic rings. The molecular formula is C16H11BrN2O3. The van der Waals surface area contributed by atoms with Gasteiger partial charge in [0.05, 0.1) is 0 Å². The van der Waals surface area contributed by atoms with Crippen molar-refractivity contribution in [3.05, 3.63) is 68.5 Å². The fourth-order valence-corrected chi connectivity index (χ4v) is 2.35. The molecule has 0 N–H and O–H groups in total. The second-order valence-corrected chi connectivity index (χ2v) is 5.61. The van der Waals surface area contributed by atoms with Crippen molar-refractivity contribution in [3.63, 3.8) is 0 Å². The molecule has 0 radical (unpaired) electrons. The molecule has 0 amide bonds. The van der Waals surface area contributed by atoms with Gasteiger partial charge in [0.1, 0.15) is 17.0 Å². The maximum Gasteiger partial charge on any atom is 0.272 e. The van der Waals surface area contributed by atoms with Crippen LogP contribution in [0, 0.1) is 6.92 Å². The molecule has 0 spiro atoms. The highest BCUT2D eigenvalue weighted by Gasteiger charge is 2.15. The summed E-state index contributed by atoms with van der Waals surface area (Å²) < 4.78 is 7.86. The molecule has 0 fully saturated rings. The summed E-state index contributed by atoms with van der Waals surface area (Å²) in [6.45, 7) is 1.84. The summed E-state index contributed by atoms with van der Waals surface area (Å²) in [6, 6.07) is 10.6. The van der Waals surface area contributed by atoms with Gasteiger partial charge in [-0.15, -0.1) is 0 Å². The second kappa shape index (κ2) is 5.73. The van der Waals surface area contributed by atoms with E-state index in [1.165, 1.54) is 4.40 Å². The summed E-state index contributed by atoms with van der Waals surface area (Å²) >= 11 is 3.33. The number of carbonyl (C=O) groups excluding carboxylic acids is 1. The van der Waals surface area contributed by atoms with Crippen LogP contribution in [0.2, 0.25) is 0 Å². The molecule has 22 heavy (non-hydrogen) atoms. The van der Waals surface area contributed by atoms with Gasteiger partial charge in [0.15, 0.2) is 6.29 Å². The lowest BCUT2D eigenvalue weighted by Crippen LogP contribution is -2.21. The SMILES string of the molecule is Cc1cccn2c(=O)c(C=O)c(Oc3ccc(Br)cc3)nc12. The molecule has 6 heteroatoms. The van der Waals surface area contributed by atoms with E-state index in [0.717, 1.165) is 10.0 Å². The quantitative estimate of drug-likeness (QED) is 0.673. The maximum absolute atomic E-state index is 12.4. The summed E-state index contributed by atoms with van der Waals surface area (Å²) in [5.74, 6) is 0.507. The van der Waals surface area contributed by atoms with Crippen molar-refractivity contribution in [1.29, 1.82) is 0 Å². The molecule has 0 aliphatic carbocycles. The molecule has 2 aromatic heterocycles. The highest BCUT2D eigenvalue weighted by Crippen LogP contribution is 2.23. The topological polar surface area (TPSA) is 60.7 Å². The maximum atomic E-state index is 12.4. The molecule has 0 bridgehead atoms. The van der Waals surface area contributed by atoms with E-state index >= 15 is 0 Å². The van der Waals surface area contributed by atoms with Crippen LogP contribution >= 0.6 is 15.9 Å². The Morgan fingerprint density at radius 1 is 1.23 bits per heavy atom. The van der Waals surface area contributed by atoms with Crippen molar-refractivity contribution < 1.29 is 9.53 Å². The van der Waals surface area contributed by atoms with Crippen LogP contribution in [0.25, 0.3) is 5.65 Å². The molecule has 110 valence electrons. The van der Waals surface area contributed by atoms with E-state index in [4.69, 9.17) is 4.74 Å². The van der Waals surface area contributed by atoms with Crippen LogP contribution in [0.4, 0.5) is 0 Å². The normalized spacial score (nSPS) is 10.6. The van der Waals surface area contributed by atoms with E-state index in [9.17, 15) is 9.59 Å². The van der Waals surface area contributed by atoms with Crippen LogP contribution in [0.1, 0.15) is 15.9 Å². The zero-order valence-corrected chi connectivity index (χ0v) is 13.2. The predicted octanol–water partition coefficient (Wildman–Crippen LogP) is 3.37. The lowest BCUT2D eigenvalue weighted by Gasteiger charge is -2.10. The van der Waals surface area contributed by atoms with Gasteiger partial charge in [-0.3, -0.25) is 14.0 Å². The molecule has 0 unspecified atom stereocenters. The van der Waals surface area contributed by atoms with Crippen LogP contribution in [-0.2, 0) is 0 Å². The third-order valence-corrected chi connectivity index (χ3v) is 3.72. The average molecular weight is 359 g/mol. The highest BCUT2D eigenvalue weighted by atomic mass is 79.9. The molecule has 0 atom stereocenters. The van der Waals surface area contributed by atoms with E-state index in [1.807, 2.05) is 13.0 Å². The summed E-state index contributed by atoms with van der Waals surface area (Å²) in [7, 11) is 0. The number of aromatic nitrogens is 2. The van der Waals surface area contributed by atoms with Gasteiger partial charge in [-0.05, 0) is 42.8 Å². The number of hydrogen-bond acceptors (Lipinski definition) is 4. The Morgan fingerprint density at radius 2 is 1.95 bits per heavy atom. The van der Waals surface area contributed by atoms with Crippen molar-refractivity contribution in [2.75, 3.05) is 0 Å². The molecular weight excluding hydrogens is 348 g/mol. The van der Waals surface area contributed by atoms with E-state index in [0.29, 0.717) is 17.7 Å². The third kappa shape index (κ3) is 2.53. The molecule has 2 heterocycles. The zero-order chi connectivity index (χ0) is 15.7. The Balaban J connectivity index is 2.20. The number of carbonyl (C=O) groups is 1. The molecule has 0 aliphatic rings. The fourth-order valence-electron chi connectivity index (χ4n) is 2.09. The second-order valence-electron chi connectivity index (χ2n) is 4.69. The van der Waals surface area contributed by atoms with E-state index in [1.54, 1.807) is 36.5 Å². The van der Waals surface area contributed by atoms with E-state index in [-0.39, 0.29) is 11.4 Å². The minimum Gasteiger partial charge on any atom is -0.438 e. The Morgan fingerprint density at radius 3 is 2.64 bits per heavy atom. The van der Waals surface area contributed by atoms with Crippen LogP contribution in [0.5, 0.6) is 11.6 Å². The lowest BCUT2D eigenvalue weighted by atomic mass is 10.2. The van der Waals surface area contributed by atoms with Crippen molar-refractivity contribution in [2.24, 2.45) is 0 Å². The highest BCUT2D eigenvalue weighted by molar-refractivity contribution is 9.10. The number of fused-ring (bicyclic) bond motifs is 1. The van der Waals surface area contributed by atoms with Crippen molar-refractivity contribution >= 4 is 27.9 Å². The Kier molecular flexibility index (Phi) is 3.77. The van der Waals surface area contributed by atoms with Gasteiger partial charge in [0, 0.05) is 10.7 Å². The van der Waals surface area contributed by atoms with Crippen LogP contribution in [-0.4, -0.2) is 15.7 Å². The van der Waals surface area contributed by atoms with Gasteiger partial charge < -0.3 is 4.74 Å². The zero-order valence-electron chi connectivity index (χ0n) is 11.6. The number of rotatable bonds is 3. The molecule has 0 saturated heterocycles. The van der Waals surface area contributed by atoms with Gasteiger partial charge in [-0.1, -0.05) is 22.0 Å². The fraction of sp³-hybridized carbons (Fsp3) is 0.0625. The average Bonchev–Trinajstić information content (AvgIpc) is 2.51. The Hall–Kier alpha value is -2.47. The monoisotopic (exact) mass is 358 g/mol. The Labute approximate surface area is 134 Å². The van der Waals surface area contributed by atoms with Crippen LogP contribution in [0.3, 0.4) is 0 Å². The molecule has 0 saturated carbocycles. The minimum atomic E-state index is -0.448. The third-order valence-electron chi connectivity index (χ3n) is 3.20. The summed E-state index contributed by atoms with van der Waals surface area (Å²) in [5.41, 5.74) is 0.727. The lowest BCUT2D eigenvalue weighted by molar-refractivity contribution is 0.111. The number of ether oxygens (including phenoxy) is 1. The van der Waals surface area contributed by atoms with Crippen molar-refractivity contribution in [3.8, 4) is 11.6 Å². The molecule has 5 nitrogen and oxygen atoms in total. The number of aryl methyl sites for hydroxylation is 1. The number of benzene rings is 1. The van der Waals surface area contributed by atoms with E-state index in [2.05, 4.69) is 20.9 Å². The molecule has 0 aliphatic heterocycles. The van der Waals surface area contributed by atoms with Crippen LogP contribution < -0.4 is 10.3 Å². The smallest absolute Gasteiger partial charge is 0.272 e. The van der Waals surface area contributed by atoms with Gasteiger partial charge >= 0.3 is 0 Å². The molecule has 3 rings (SSSR count). The van der Waals surface area contributed by atoms with Crippen molar-refractivity contribution in [1.82, 2.24) is 9.38 Å². The number of aldehydes is 1. The number of pyridine rings is 1. The van der Waals surface area contributed by atoms with Gasteiger partial charge in [-0.2, -0.15) is 4.98 Å². The van der Waals surface area contributed by atoms with Crippen LogP contribution in [0.15, 0.2) is 51.9 Å². The largest absolute Gasteiger partial charge is 0.438 e. The summed E-state index contributed by atoms with van der Waals surface area (Å²) in [5, 5.41) is 0. The first-order valence-electron chi connectivity index (χ1n) is 6.51. The first kappa shape index (κ1) is 14.5. The number of nitrogens with zero attached hydrogens (tertiary/aromatic N) is 2. The number of halogens is 1. The standard InChI is InChI=1S/C16H11BrN2O3/c1-10-3-2-8-19-14(10)18-15(13(9-20)16(19)21)22-12-6-4-11(17)5-7-12/h2-9H,1H3. The minimum absolute atomic E-state index is 0.0108. The summed E-state index contributed by atoms with van der Waals surface area (Å²) in [4.78, 5) is 28.0. The Bertz CT molecular complexity index is 917. The van der Waals surface area contributed by atoms with Gasteiger partial charge in [0.25, 0.3) is 5.56 Å². The summed E-state index contributed by atoms with van der Waals surface area (Å²) in [6.07, 6.45) is 2.05. The van der Waals surface area contributed by atoms with Gasteiger partial charge in [-0.25, -0.2) is 0 Å². The first-order chi connectivity index (χ1) is 10.6. The van der Waals surface area contributed by atoms with Crippen molar-refractivity contribution in [2.45, 2.75) is 6.92 Å². The van der Waals surface area contributed by atoms with Gasteiger partial charge in [0.2, 0.25) is 5.88 Å².